The minimum atomic E-state index is 0.227. The first-order chi connectivity index (χ1) is 9.69. The topological polar surface area (TPSA) is 48.1 Å². The number of hydrogen-bond donors (Lipinski definition) is 1. The molecule has 0 radical (unpaired) electrons. The number of benzene rings is 1. The Labute approximate surface area is 124 Å². The van der Waals surface area contributed by atoms with Crippen LogP contribution in [0, 0.1) is 6.92 Å². The zero-order chi connectivity index (χ0) is 14.4. The molecule has 1 unspecified atom stereocenters. The van der Waals surface area contributed by atoms with Crippen molar-refractivity contribution < 1.29 is 4.74 Å². The van der Waals surface area contributed by atoms with Gasteiger partial charge in [-0.3, -0.25) is 0 Å². The molecule has 0 bridgehead atoms. The number of nitrogens with two attached hydrogens (primary N) is 1. The fourth-order valence-electron chi connectivity index (χ4n) is 2.04. The van der Waals surface area contributed by atoms with Gasteiger partial charge in [-0.25, -0.2) is 4.98 Å². The molecule has 2 aromatic rings. The highest BCUT2D eigenvalue weighted by Gasteiger charge is 2.04. The number of aryl methyl sites for hydroxylation is 1. The second-order valence-corrected chi connectivity index (χ2v) is 5.92. The van der Waals surface area contributed by atoms with Crippen molar-refractivity contribution in [2.24, 2.45) is 5.73 Å². The quantitative estimate of drug-likeness (QED) is 0.850. The van der Waals surface area contributed by atoms with Crippen molar-refractivity contribution in [3.05, 3.63) is 45.9 Å². The predicted molar refractivity (Wildman–Crippen MR) is 84.5 cm³/mol. The lowest BCUT2D eigenvalue weighted by atomic mass is 10.0. The molecule has 0 aliphatic heterocycles. The monoisotopic (exact) mass is 290 g/mol. The van der Waals surface area contributed by atoms with Gasteiger partial charge in [0.2, 0.25) is 0 Å². The standard InChI is InChI=1S/C16H22N2OS/c1-3-14(17)9-13-5-4-6-15(10-13)19-8-7-16-12(2)18-11-20-16/h4-6,10-11,14H,3,7-9,17H2,1-2H3. The first kappa shape index (κ1) is 15.0. The zero-order valence-corrected chi connectivity index (χ0v) is 13.0. The molecule has 1 atom stereocenters. The van der Waals surface area contributed by atoms with Crippen LogP contribution in [0.2, 0.25) is 0 Å². The van der Waals surface area contributed by atoms with Crippen molar-refractivity contribution in [3.8, 4) is 5.75 Å². The average molecular weight is 290 g/mol. The fraction of sp³-hybridized carbons (Fsp3) is 0.438. The van der Waals surface area contributed by atoms with Crippen LogP contribution in [0.3, 0.4) is 0 Å². The van der Waals surface area contributed by atoms with Gasteiger partial charge < -0.3 is 10.5 Å². The van der Waals surface area contributed by atoms with Crippen LogP contribution in [0.5, 0.6) is 5.75 Å². The second-order valence-electron chi connectivity index (χ2n) is 4.98. The summed E-state index contributed by atoms with van der Waals surface area (Å²) in [4.78, 5) is 5.55. The highest BCUT2D eigenvalue weighted by atomic mass is 32.1. The van der Waals surface area contributed by atoms with Gasteiger partial charge in [0.25, 0.3) is 0 Å². The van der Waals surface area contributed by atoms with Gasteiger partial charge in [-0.1, -0.05) is 19.1 Å². The number of aromatic nitrogens is 1. The lowest BCUT2D eigenvalue weighted by Crippen LogP contribution is -2.21. The van der Waals surface area contributed by atoms with Crippen molar-refractivity contribution >= 4 is 11.3 Å². The lowest BCUT2D eigenvalue weighted by Gasteiger charge is -2.11. The molecular weight excluding hydrogens is 268 g/mol. The summed E-state index contributed by atoms with van der Waals surface area (Å²) >= 11 is 1.69. The molecule has 1 aromatic carbocycles. The average Bonchev–Trinajstić information content (AvgIpc) is 2.85. The second kappa shape index (κ2) is 7.41. The van der Waals surface area contributed by atoms with Gasteiger partial charge in [0.15, 0.2) is 0 Å². The van der Waals surface area contributed by atoms with Crippen LogP contribution in [0.15, 0.2) is 29.8 Å². The molecule has 2 N–H and O–H groups in total. The first-order valence-electron chi connectivity index (χ1n) is 7.05. The lowest BCUT2D eigenvalue weighted by molar-refractivity contribution is 0.322. The summed E-state index contributed by atoms with van der Waals surface area (Å²) in [7, 11) is 0. The van der Waals surface area contributed by atoms with E-state index < -0.39 is 0 Å². The zero-order valence-electron chi connectivity index (χ0n) is 12.1. The number of thiazole rings is 1. The Balaban J connectivity index is 1.86. The normalized spacial score (nSPS) is 12.3. The van der Waals surface area contributed by atoms with E-state index in [1.165, 1.54) is 10.4 Å². The molecule has 2 rings (SSSR count). The molecular formula is C16H22N2OS. The van der Waals surface area contributed by atoms with Crippen molar-refractivity contribution in [1.29, 1.82) is 0 Å². The summed E-state index contributed by atoms with van der Waals surface area (Å²) in [6, 6.07) is 8.46. The minimum Gasteiger partial charge on any atom is -0.493 e. The van der Waals surface area contributed by atoms with Crippen LogP contribution in [0.1, 0.15) is 29.5 Å². The minimum absolute atomic E-state index is 0.227. The van der Waals surface area contributed by atoms with Crippen molar-refractivity contribution in [3.63, 3.8) is 0 Å². The number of rotatable bonds is 7. The van der Waals surface area contributed by atoms with E-state index in [9.17, 15) is 0 Å². The van der Waals surface area contributed by atoms with E-state index in [4.69, 9.17) is 10.5 Å². The van der Waals surface area contributed by atoms with E-state index >= 15 is 0 Å². The molecule has 1 heterocycles. The van der Waals surface area contributed by atoms with Crippen LogP contribution in [-0.2, 0) is 12.8 Å². The number of ether oxygens (including phenoxy) is 1. The summed E-state index contributed by atoms with van der Waals surface area (Å²) < 4.78 is 5.83. The Bertz CT molecular complexity index is 539. The summed E-state index contributed by atoms with van der Waals surface area (Å²) in [6.07, 6.45) is 2.81. The molecule has 0 spiro atoms. The van der Waals surface area contributed by atoms with Crippen LogP contribution >= 0.6 is 11.3 Å². The van der Waals surface area contributed by atoms with Gasteiger partial charge in [-0.15, -0.1) is 11.3 Å². The largest absolute Gasteiger partial charge is 0.493 e. The fourth-order valence-corrected chi connectivity index (χ4v) is 2.80. The Kier molecular flexibility index (Phi) is 5.56. The summed E-state index contributed by atoms with van der Waals surface area (Å²) in [5.74, 6) is 0.924. The van der Waals surface area contributed by atoms with Gasteiger partial charge >= 0.3 is 0 Å². The predicted octanol–water partition coefficient (Wildman–Crippen LogP) is 3.35. The van der Waals surface area contributed by atoms with Crippen LogP contribution < -0.4 is 10.5 Å². The van der Waals surface area contributed by atoms with Crippen LogP contribution in [0.4, 0.5) is 0 Å². The maximum absolute atomic E-state index is 5.99. The molecule has 20 heavy (non-hydrogen) atoms. The van der Waals surface area contributed by atoms with Crippen LogP contribution in [-0.4, -0.2) is 17.6 Å². The Morgan fingerprint density at radius 3 is 2.95 bits per heavy atom. The Morgan fingerprint density at radius 2 is 2.25 bits per heavy atom. The summed E-state index contributed by atoms with van der Waals surface area (Å²) in [5.41, 5.74) is 10.2. The Morgan fingerprint density at radius 1 is 1.40 bits per heavy atom. The SMILES string of the molecule is CCC(N)Cc1cccc(OCCc2scnc2C)c1. The van der Waals surface area contributed by atoms with Gasteiger partial charge in [-0.05, 0) is 37.5 Å². The van der Waals surface area contributed by atoms with E-state index in [0.29, 0.717) is 6.61 Å². The van der Waals surface area contributed by atoms with E-state index in [0.717, 1.165) is 30.7 Å². The molecule has 0 saturated heterocycles. The molecule has 0 saturated carbocycles. The highest BCUT2D eigenvalue weighted by molar-refractivity contribution is 7.09. The van der Waals surface area contributed by atoms with E-state index in [1.54, 1.807) is 11.3 Å². The highest BCUT2D eigenvalue weighted by Crippen LogP contribution is 2.17. The van der Waals surface area contributed by atoms with E-state index in [2.05, 4.69) is 24.0 Å². The van der Waals surface area contributed by atoms with Gasteiger partial charge in [0.05, 0.1) is 17.8 Å². The first-order valence-corrected chi connectivity index (χ1v) is 7.93. The Hall–Kier alpha value is -1.39. The summed E-state index contributed by atoms with van der Waals surface area (Å²) in [5, 5.41) is 0. The third-order valence-electron chi connectivity index (χ3n) is 3.36. The third kappa shape index (κ3) is 4.32. The molecule has 1 aromatic heterocycles. The van der Waals surface area contributed by atoms with E-state index in [1.807, 2.05) is 24.6 Å². The smallest absolute Gasteiger partial charge is 0.119 e. The van der Waals surface area contributed by atoms with Gasteiger partial charge in [-0.2, -0.15) is 0 Å². The van der Waals surface area contributed by atoms with Crippen LogP contribution in [0.25, 0.3) is 0 Å². The maximum Gasteiger partial charge on any atom is 0.119 e. The van der Waals surface area contributed by atoms with Gasteiger partial charge in [0, 0.05) is 17.3 Å². The molecule has 0 aliphatic carbocycles. The number of hydrogen-bond acceptors (Lipinski definition) is 4. The maximum atomic E-state index is 5.99. The summed E-state index contributed by atoms with van der Waals surface area (Å²) in [6.45, 7) is 4.84. The number of nitrogens with zero attached hydrogens (tertiary/aromatic N) is 1. The van der Waals surface area contributed by atoms with Crippen molar-refractivity contribution in [1.82, 2.24) is 4.98 Å². The van der Waals surface area contributed by atoms with E-state index in [-0.39, 0.29) is 6.04 Å². The molecule has 0 fully saturated rings. The van der Waals surface area contributed by atoms with Crippen molar-refractivity contribution in [2.75, 3.05) is 6.61 Å². The van der Waals surface area contributed by atoms with Crippen molar-refractivity contribution in [2.45, 2.75) is 39.2 Å². The molecule has 0 aliphatic rings. The molecule has 3 nitrogen and oxygen atoms in total. The third-order valence-corrected chi connectivity index (χ3v) is 4.36. The molecule has 0 amide bonds. The van der Waals surface area contributed by atoms with Gasteiger partial charge in [0.1, 0.15) is 5.75 Å². The molecule has 108 valence electrons. The molecule has 4 heteroatoms.